The van der Waals surface area contributed by atoms with Crippen molar-refractivity contribution in [1.29, 1.82) is 0 Å². The van der Waals surface area contributed by atoms with Crippen LogP contribution in [0.4, 0.5) is 5.95 Å². The maximum Gasteiger partial charge on any atom is 0.225 e. The van der Waals surface area contributed by atoms with E-state index in [1.54, 1.807) is 7.11 Å². The monoisotopic (exact) mass is 406 g/mol. The lowest BCUT2D eigenvalue weighted by Crippen LogP contribution is -2.38. The van der Waals surface area contributed by atoms with Crippen molar-refractivity contribution in [3.05, 3.63) is 53.4 Å². The van der Waals surface area contributed by atoms with Gasteiger partial charge in [-0.05, 0) is 43.7 Å². The summed E-state index contributed by atoms with van der Waals surface area (Å²) in [5, 5.41) is 10.4. The van der Waals surface area contributed by atoms with Crippen LogP contribution >= 0.6 is 0 Å². The van der Waals surface area contributed by atoms with E-state index < -0.39 is 0 Å². The summed E-state index contributed by atoms with van der Waals surface area (Å²) in [5.74, 6) is 1.67. The summed E-state index contributed by atoms with van der Waals surface area (Å²) in [6.45, 7) is 6.80. The van der Waals surface area contributed by atoms with Crippen LogP contribution in [0.2, 0.25) is 0 Å². The van der Waals surface area contributed by atoms with E-state index in [9.17, 15) is 5.11 Å². The molecule has 30 heavy (non-hydrogen) atoms. The number of phenolic OH excluding ortho intramolecular Hbond substituents is 1. The summed E-state index contributed by atoms with van der Waals surface area (Å²) in [5.41, 5.74) is 4.56. The summed E-state index contributed by atoms with van der Waals surface area (Å²) in [4.78, 5) is 14.6. The minimum Gasteiger partial charge on any atom is -0.504 e. The molecule has 1 aromatic heterocycles. The second-order valence-corrected chi connectivity index (χ2v) is 8.69. The van der Waals surface area contributed by atoms with Gasteiger partial charge in [-0.3, -0.25) is 4.90 Å². The van der Waals surface area contributed by atoms with E-state index in [1.165, 1.54) is 30.5 Å². The first kappa shape index (κ1) is 19.4. The molecule has 2 fully saturated rings. The predicted molar refractivity (Wildman–Crippen MR) is 117 cm³/mol. The van der Waals surface area contributed by atoms with E-state index in [2.05, 4.69) is 28.6 Å². The Morgan fingerprint density at radius 2 is 2.10 bits per heavy atom. The van der Waals surface area contributed by atoms with Gasteiger partial charge in [-0.2, -0.15) is 0 Å². The topological polar surface area (TPSA) is 61.7 Å². The summed E-state index contributed by atoms with van der Waals surface area (Å²) in [7, 11) is 1.60. The van der Waals surface area contributed by atoms with Gasteiger partial charge in [0.25, 0.3) is 0 Å². The fourth-order valence-electron chi connectivity index (χ4n) is 5.38. The molecule has 5 rings (SSSR count). The van der Waals surface area contributed by atoms with Gasteiger partial charge in [0.2, 0.25) is 5.95 Å². The highest BCUT2D eigenvalue weighted by molar-refractivity contribution is 5.49. The number of nitrogens with zero attached hydrogens (tertiary/aromatic N) is 4. The van der Waals surface area contributed by atoms with Crippen LogP contribution < -0.4 is 9.64 Å². The number of aromatic nitrogens is 2. The normalized spacial score (nSPS) is 22.9. The molecule has 0 amide bonds. The van der Waals surface area contributed by atoms with Crippen LogP contribution in [-0.2, 0) is 19.4 Å². The van der Waals surface area contributed by atoms with E-state index in [0.717, 1.165) is 49.6 Å². The van der Waals surface area contributed by atoms with Crippen LogP contribution in [0.25, 0.3) is 0 Å². The first-order chi connectivity index (χ1) is 14.7. The van der Waals surface area contributed by atoms with Gasteiger partial charge in [-0.1, -0.05) is 12.1 Å². The van der Waals surface area contributed by atoms with E-state index in [-0.39, 0.29) is 5.75 Å². The third kappa shape index (κ3) is 3.33. The summed E-state index contributed by atoms with van der Waals surface area (Å²) < 4.78 is 5.42. The fourth-order valence-corrected chi connectivity index (χ4v) is 5.38. The van der Waals surface area contributed by atoms with Crippen molar-refractivity contribution in [2.75, 3.05) is 25.1 Å². The average Bonchev–Trinajstić information content (AvgIpc) is 3.38. The van der Waals surface area contributed by atoms with Crippen LogP contribution in [0.1, 0.15) is 54.1 Å². The zero-order valence-electron chi connectivity index (χ0n) is 17.7. The van der Waals surface area contributed by atoms with Gasteiger partial charge in [0.15, 0.2) is 11.5 Å². The Bertz CT molecular complexity index is 954. The van der Waals surface area contributed by atoms with Crippen LogP contribution in [0.3, 0.4) is 0 Å². The molecule has 158 valence electrons. The molecule has 1 N–H and O–H groups in total. The van der Waals surface area contributed by atoms with Crippen molar-refractivity contribution < 1.29 is 9.84 Å². The zero-order valence-corrected chi connectivity index (χ0v) is 17.7. The van der Waals surface area contributed by atoms with Gasteiger partial charge < -0.3 is 14.7 Å². The van der Waals surface area contributed by atoms with Gasteiger partial charge in [0.05, 0.1) is 12.8 Å². The number of rotatable bonds is 6. The van der Waals surface area contributed by atoms with Crippen LogP contribution in [-0.4, -0.2) is 46.2 Å². The SMILES string of the molecule is C=CCc1cc(CN2[C@@H]3CC[C@@H]2c2cnc(N4CCCC4)nc2C3)cc(OC)c1O. The molecule has 0 spiro atoms. The maximum atomic E-state index is 10.4. The third-order valence-electron chi connectivity index (χ3n) is 6.87. The highest BCUT2D eigenvalue weighted by Gasteiger charge is 2.41. The molecular formula is C24H30N4O2. The molecule has 3 aliphatic rings. The Hall–Kier alpha value is -2.60. The fraction of sp³-hybridized carbons (Fsp3) is 0.500. The molecule has 2 atom stereocenters. The number of allylic oxidation sites excluding steroid dienone is 1. The van der Waals surface area contributed by atoms with Crippen molar-refractivity contribution in [2.24, 2.45) is 0 Å². The number of anilines is 1. The lowest BCUT2D eigenvalue weighted by atomic mass is 9.97. The number of benzene rings is 1. The average molecular weight is 407 g/mol. The number of methoxy groups -OCH3 is 1. The Labute approximate surface area is 178 Å². The molecule has 6 heteroatoms. The molecule has 6 nitrogen and oxygen atoms in total. The van der Waals surface area contributed by atoms with Gasteiger partial charge in [0.1, 0.15) is 0 Å². The highest BCUT2D eigenvalue weighted by Crippen LogP contribution is 2.44. The van der Waals surface area contributed by atoms with Crippen LogP contribution in [0.15, 0.2) is 31.0 Å². The Kier molecular flexibility index (Phi) is 5.11. The molecule has 2 saturated heterocycles. The second-order valence-electron chi connectivity index (χ2n) is 8.69. The Balaban J connectivity index is 1.41. The molecule has 2 aromatic rings. The van der Waals surface area contributed by atoms with Gasteiger partial charge in [-0.25, -0.2) is 9.97 Å². The standard InChI is InChI=1S/C24H30N4O2/c1-3-6-17-11-16(12-22(30-2)23(17)29)15-28-18-7-8-21(28)19-14-25-24(26-20(19)13-18)27-9-4-5-10-27/h3,11-12,14,18,21,29H,1,4-10,13,15H2,2H3/t18-,21-/m1/s1. The van der Waals surface area contributed by atoms with Gasteiger partial charge >= 0.3 is 0 Å². The van der Waals surface area contributed by atoms with Gasteiger partial charge in [0, 0.05) is 55.5 Å². The minimum absolute atomic E-state index is 0.218. The Morgan fingerprint density at radius 1 is 1.27 bits per heavy atom. The smallest absolute Gasteiger partial charge is 0.225 e. The molecule has 0 unspecified atom stereocenters. The third-order valence-corrected chi connectivity index (χ3v) is 6.87. The van der Waals surface area contributed by atoms with Crippen molar-refractivity contribution in [2.45, 2.75) is 57.2 Å². The van der Waals surface area contributed by atoms with Crippen molar-refractivity contribution in [3.63, 3.8) is 0 Å². The van der Waals surface area contributed by atoms with E-state index in [4.69, 9.17) is 14.7 Å². The molecule has 2 bridgehead atoms. The first-order valence-electron chi connectivity index (χ1n) is 11.0. The zero-order chi connectivity index (χ0) is 20.7. The molecule has 3 aliphatic heterocycles. The summed E-state index contributed by atoms with van der Waals surface area (Å²) >= 11 is 0. The largest absolute Gasteiger partial charge is 0.504 e. The quantitative estimate of drug-likeness (QED) is 0.737. The highest BCUT2D eigenvalue weighted by atomic mass is 16.5. The van der Waals surface area contributed by atoms with Crippen molar-refractivity contribution in [1.82, 2.24) is 14.9 Å². The molecule has 0 radical (unpaired) electrons. The molecule has 1 aromatic carbocycles. The van der Waals surface area contributed by atoms with E-state index in [1.807, 2.05) is 12.1 Å². The molecule has 0 saturated carbocycles. The molecule has 4 heterocycles. The molecular weight excluding hydrogens is 376 g/mol. The van der Waals surface area contributed by atoms with Crippen LogP contribution in [0, 0.1) is 0 Å². The van der Waals surface area contributed by atoms with Crippen LogP contribution in [0.5, 0.6) is 11.5 Å². The number of ether oxygens (including phenoxy) is 1. The Morgan fingerprint density at radius 3 is 2.87 bits per heavy atom. The van der Waals surface area contributed by atoms with Crippen molar-refractivity contribution in [3.8, 4) is 11.5 Å². The van der Waals surface area contributed by atoms with Gasteiger partial charge in [-0.15, -0.1) is 6.58 Å². The lowest BCUT2D eigenvalue weighted by Gasteiger charge is -2.36. The number of aromatic hydroxyl groups is 1. The predicted octanol–water partition coefficient (Wildman–Crippen LogP) is 3.78. The second kappa shape index (κ2) is 7.91. The first-order valence-corrected chi connectivity index (χ1v) is 11.0. The number of phenols is 1. The van der Waals surface area contributed by atoms with Crippen molar-refractivity contribution >= 4 is 5.95 Å². The van der Waals surface area contributed by atoms with E-state index in [0.29, 0.717) is 24.3 Å². The molecule has 0 aliphatic carbocycles. The van der Waals surface area contributed by atoms with E-state index >= 15 is 0 Å². The number of fused-ring (bicyclic) bond motifs is 4. The minimum atomic E-state index is 0.218. The number of hydrogen-bond acceptors (Lipinski definition) is 6. The summed E-state index contributed by atoms with van der Waals surface area (Å²) in [6.07, 6.45) is 10.3. The lowest BCUT2D eigenvalue weighted by molar-refractivity contribution is 0.166. The number of hydrogen-bond donors (Lipinski definition) is 1. The maximum absolute atomic E-state index is 10.4. The summed E-state index contributed by atoms with van der Waals surface area (Å²) in [6, 6.07) is 4.92.